The minimum absolute atomic E-state index is 0.0643. The van der Waals surface area contributed by atoms with Crippen LogP contribution in [0, 0.1) is 11.6 Å². The molecule has 3 N–H and O–H groups in total. The van der Waals surface area contributed by atoms with Crippen LogP contribution in [0.15, 0.2) is 66.9 Å². The molecule has 0 saturated carbocycles. The number of thiazole rings is 1. The first-order valence-electron chi connectivity index (χ1n) is 11.5. The van der Waals surface area contributed by atoms with Crippen molar-refractivity contribution in [2.75, 3.05) is 42.1 Å². The van der Waals surface area contributed by atoms with Crippen LogP contribution in [0.25, 0.3) is 0 Å². The largest absolute Gasteiger partial charge is 0.382 e. The monoisotopic (exact) mass is 520 g/mol. The molecule has 37 heavy (non-hydrogen) atoms. The number of piperazine rings is 1. The molecule has 4 aromatic rings. The number of nitrogens with zero attached hydrogens (tertiary/aromatic N) is 4. The van der Waals surface area contributed by atoms with Crippen molar-refractivity contribution < 1.29 is 18.4 Å². The normalized spacial score (nSPS) is 13.5. The van der Waals surface area contributed by atoms with Gasteiger partial charge in [-0.3, -0.25) is 9.59 Å². The lowest BCUT2D eigenvalue weighted by Gasteiger charge is -2.35. The van der Waals surface area contributed by atoms with Gasteiger partial charge in [0.15, 0.2) is 5.13 Å². The van der Waals surface area contributed by atoms with E-state index in [4.69, 9.17) is 5.73 Å². The maximum atomic E-state index is 14.0. The second-order valence-electron chi connectivity index (χ2n) is 8.33. The van der Waals surface area contributed by atoms with E-state index in [1.54, 1.807) is 30.5 Å². The zero-order chi connectivity index (χ0) is 25.9. The van der Waals surface area contributed by atoms with Gasteiger partial charge in [0.05, 0.1) is 5.56 Å². The number of nitrogen functional groups attached to an aromatic ring is 1. The highest BCUT2D eigenvalue weighted by atomic mass is 32.1. The van der Waals surface area contributed by atoms with Gasteiger partial charge in [-0.05, 0) is 48.5 Å². The van der Waals surface area contributed by atoms with E-state index < -0.39 is 23.0 Å². The average molecular weight is 521 g/mol. The molecule has 2 aromatic heterocycles. The van der Waals surface area contributed by atoms with Gasteiger partial charge in [0, 0.05) is 43.6 Å². The standard InChI is InChI=1S/C26H22F2N6O2S/c27-18-4-3-5-19(28)21(18)22(35)23-24(29)32-26(37-23)31-17-9-7-16(8-10-17)25(36)34-14-12-33(13-15-34)20-6-1-2-11-30-20/h1-11H,12-15,29H2,(H,31,32). The van der Waals surface area contributed by atoms with Crippen LogP contribution in [-0.2, 0) is 0 Å². The minimum atomic E-state index is -0.967. The van der Waals surface area contributed by atoms with Gasteiger partial charge in [-0.25, -0.2) is 18.7 Å². The maximum Gasteiger partial charge on any atom is 0.253 e. The number of aromatic nitrogens is 2. The first-order chi connectivity index (χ1) is 17.9. The molecule has 0 atom stereocenters. The van der Waals surface area contributed by atoms with Crippen LogP contribution in [0.4, 0.5) is 31.2 Å². The van der Waals surface area contributed by atoms with Gasteiger partial charge in [-0.1, -0.05) is 23.5 Å². The molecule has 5 rings (SSSR count). The van der Waals surface area contributed by atoms with Gasteiger partial charge in [0.25, 0.3) is 5.91 Å². The topological polar surface area (TPSA) is 104 Å². The molecule has 1 fully saturated rings. The summed E-state index contributed by atoms with van der Waals surface area (Å²) in [7, 11) is 0. The van der Waals surface area contributed by atoms with Crippen molar-refractivity contribution in [2.24, 2.45) is 0 Å². The summed E-state index contributed by atoms with van der Waals surface area (Å²) in [5.74, 6) is -2.10. The second-order valence-corrected chi connectivity index (χ2v) is 9.33. The number of benzene rings is 2. The van der Waals surface area contributed by atoms with Crippen molar-refractivity contribution in [1.29, 1.82) is 0 Å². The summed E-state index contributed by atoms with van der Waals surface area (Å²) in [4.78, 5) is 38.0. The molecule has 8 nitrogen and oxygen atoms in total. The summed E-state index contributed by atoms with van der Waals surface area (Å²) in [6.45, 7) is 2.58. The summed E-state index contributed by atoms with van der Waals surface area (Å²) in [6, 6.07) is 15.8. The van der Waals surface area contributed by atoms with Crippen LogP contribution in [0.5, 0.6) is 0 Å². The van der Waals surface area contributed by atoms with Crippen molar-refractivity contribution in [3.8, 4) is 0 Å². The smallest absolute Gasteiger partial charge is 0.253 e. The fourth-order valence-electron chi connectivity index (χ4n) is 4.06. The molecule has 2 aromatic carbocycles. The molecule has 188 valence electrons. The molecule has 1 amide bonds. The van der Waals surface area contributed by atoms with Gasteiger partial charge in [-0.2, -0.15) is 0 Å². The Balaban J connectivity index is 1.23. The third kappa shape index (κ3) is 5.12. The first-order valence-corrected chi connectivity index (χ1v) is 12.3. The predicted molar refractivity (Wildman–Crippen MR) is 138 cm³/mol. The third-order valence-electron chi connectivity index (χ3n) is 5.97. The molecule has 3 heterocycles. The van der Waals surface area contributed by atoms with Crippen LogP contribution >= 0.6 is 11.3 Å². The zero-order valence-electron chi connectivity index (χ0n) is 19.5. The Morgan fingerprint density at radius 2 is 1.62 bits per heavy atom. The Morgan fingerprint density at radius 1 is 0.919 bits per heavy atom. The highest BCUT2D eigenvalue weighted by Gasteiger charge is 2.25. The van der Waals surface area contributed by atoms with Crippen molar-refractivity contribution in [3.63, 3.8) is 0 Å². The zero-order valence-corrected chi connectivity index (χ0v) is 20.3. The van der Waals surface area contributed by atoms with E-state index >= 15 is 0 Å². The number of pyridine rings is 1. The lowest BCUT2D eigenvalue weighted by Crippen LogP contribution is -2.49. The van der Waals surface area contributed by atoms with Crippen LogP contribution in [-0.4, -0.2) is 52.7 Å². The fourth-order valence-corrected chi connectivity index (χ4v) is 4.91. The SMILES string of the molecule is Nc1nc(Nc2ccc(C(=O)N3CCN(c4ccccn4)CC3)cc2)sc1C(=O)c1c(F)cccc1F. The molecular formula is C26H22F2N6O2S. The van der Waals surface area contributed by atoms with Gasteiger partial charge in [0.1, 0.15) is 28.1 Å². The van der Waals surface area contributed by atoms with Gasteiger partial charge < -0.3 is 20.9 Å². The van der Waals surface area contributed by atoms with E-state index in [-0.39, 0.29) is 21.7 Å². The molecule has 1 aliphatic rings. The summed E-state index contributed by atoms with van der Waals surface area (Å²) < 4.78 is 28.1. The Morgan fingerprint density at radius 3 is 2.27 bits per heavy atom. The van der Waals surface area contributed by atoms with E-state index in [0.717, 1.165) is 29.3 Å². The number of carbonyl (C=O) groups excluding carboxylic acids is 2. The van der Waals surface area contributed by atoms with Crippen LogP contribution in [0.2, 0.25) is 0 Å². The van der Waals surface area contributed by atoms with E-state index in [1.165, 1.54) is 6.07 Å². The molecule has 0 spiro atoms. The minimum Gasteiger partial charge on any atom is -0.382 e. The summed E-state index contributed by atoms with van der Waals surface area (Å²) >= 11 is 0.891. The second kappa shape index (κ2) is 10.3. The number of nitrogens with one attached hydrogen (secondary N) is 1. The maximum absolute atomic E-state index is 14.0. The highest BCUT2D eigenvalue weighted by Crippen LogP contribution is 2.31. The van der Waals surface area contributed by atoms with Crippen molar-refractivity contribution >= 4 is 45.5 Å². The number of halogens is 2. The molecule has 1 aliphatic heterocycles. The number of rotatable bonds is 6. The number of anilines is 4. The van der Waals surface area contributed by atoms with Gasteiger partial charge in [0.2, 0.25) is 5.78 Å². The number of hydrogen-bond donors (Lipinski definition) is 2. The first kappa shape index (κ1) is 24.3. The van der Waals surface area contributed by atoms with Crippen LogP contribution in [0.3, 0.4) is 0 Å². The molecule has 0 aliphatic carbocycles. The fraction of sp³-hybridized carbons (Fsp3) is 0.154. The molecular weight excluding hydrogens is 498 g/mol. The number of ketones is 1. The Kier molecular flexibility index (Phi) is 6.78. The van der Waals surface area contributed by atoms with Gasteiger partial charge in [-0.15, -0.1) is 0 Å². The lowest BCUT2D eigenvalue weighted by atomic mass is 10.1. The summed E-state index contributed by atoms with van der Waals surface area (Å²) in [5.41, 5.74) is 6.35. The Hall–Kier alpha value is -4.38. The van der Waals surface area contributed by atoms with Crippen molar-refractivity contribution in [1.82, 2.24) is 14.9 Å². The van der Waals surface area contributed by atoms with Crippen LogP contribution in [0.1, 0.15) is 25.6 Å². The van der Waals surface area contributed by atoms with Gasteiger partial charge >= 0.3 is 0 Å². The molecule has 0 radical (unpaired) electrons. The van der Waals surface area contributed by atoms with Crippen molar-refractivity contribution in [3.05, 3.63) is 94.5 Å². The van der Waals surface area contributed by atoms with Crippen molar-refractivity contribution in [2.45, 2.75) is 0 Å². The highest BCUT2D eigenvalue weighted by molar-refractivity contribution is 7.18. The Bertz CT molecular complexity index is 1420. The molecule has 0 bridgehead atoms. The number of amides is 1. The molecule has 11 heteroatoms. The van der Waals surface area contributed by atoms with E-state index in [1.807, 2.05) is 23.1 Å². The third-order valence-corrected chi connectivity index (χ3v) is 6.96. The number of nitrogens with two attached hydrogens (primary N) is 1. The Labute approximate surface area is 215 Å². The summed E-state index contributed by atoms with van der Waals surface area (Å²) in [6.07, 6.45) is 1.75. The summed E-state index contributed by atoms with van der Waals surface area (Å²) in [5, 5.41) is 3.30. The number of carbonyl (C=O) groups is 2. The van der Waals surface area contributed by atoms with E-state index in [2.05, 4.69) is 20.2 Å². The number of hydrogen-bond acceptors (Lipinski definition) is 8. The van der Waals surface area contributed by atoms with E-state index in [0.29, 0.717) is 37.4 Å². The lowest BCUT2D eigenvalue weighted by molar-refractivity contribution is 0.0746. The molecule has 1 saturated heterocycles. The molecule has 0 unspecified atom stereocenters. The van der Waals surface area contributed by atoms with Crippen LogP contribution < -0.4 is 16.0 Å². The predicted octanol–water partition coefficient (Wildman–Crippen LogP) is 4.34. The quantitative estimate of drug-likeness (QED) is 0.365. The average Bonchev–Trinajstić information content (AvgIpc) is 3.29. The van der Waals surface area contributed by atoms with E-state index in [9.17, 15) is 18.4 Å².